The summed E-state index contributed by atoms with van der Waals surface area (Å²) in [6.45, 7) is 7.84. The zero-order valence-corrected chi connectivity index (χ0v) is 18.7. The van der Waals surface area contributed by atoms with Crippen molar-refractivity contribution in [2.45, 2.75) is 40.0 Å². The van der Waals surface area contributed by atoms with Crippen molar-refractivity contribution < 1.29 is 23.6 Å². The molecule has 0 spiro atoms. The first-order chi connectivity index (χ1) is 15.7. The Morgan fingerprint density at radius 2 is 1.59 bits per heavy atom. The van der Waals surface area contributed by atoms with Crippen LogP contribution in [0.15, 0.2) is 47.1 Å². The molecule has 0 saturated carbocycles. The number of carbonyl (C=O) groups excluding carboxylic acids is 1. The number of hydrogen-bond acceptors (Lipinski definition) is 7. The molecule has 0 atom stereocenters. The van der Waals surface area contributed by atoms with Crippen LogP contribution in [0, 0.1) is 0 Å². The van der Waals surface area contributed by atoms with E-state index in [1.807, 2.05) is 45.0 Å². The molecule has 0 aliphatic rings. The normalized spacial score (nSPS) is 10.6. The summed E-state index contributed by atoms with van der Waals surface area (Å²) in [6, 6.07) is 12.5. The highest BCUT2D eigenvalue weighted by Gasteiger charge is 2.18. The van der Waals surface area contributed by atoms with E-state index in [0.717, 1.165) is 19.3 Å². The highest BCUT2D eigenvalue weighted by Crippen LogP contribution is 2.34. The van der Waals surface area contributed by atoms with E-state index >= 15 is 0 Å². The van der Waals surface area contributed by atoms with Crippen molar-refractivity contribution in [3.8, 4) is 28.5 Å². The minimum Gasteiger partial charge on any atom is -0.494 e. The van der Waals surface area contributed by atoms with E-state index in [4.69, 9.17) is 18.8 Å². The second kappa shape index (κ2) is 11.7. The van der Waals surface area contributed by atoms with Crippen LogP contribution in [0.2, 0.25) is 0 Å². The van der Waals surface area contributed by atoms with Gasteiger partial charge >= 0.3 is 0 Å². The largest absolute Gasteiger partial charge is 0.494 e. The van der Waals surface area contributed by atoms with Gasteiger partial charge in [0.1, 0.15) is 5.75 Å². The molecule has 0 bridgehead atoms. The Kier molecular flexibility index (Phi) is 8.48. The topological polar surface area (TPSA) is 95.7 Å². The van der Waals surface area contributed by atoms with Crippen molar-refractivity contribution in [2.75, 3.05) is 25.1 Å². The summed E-state index contributed by atoms with van der Waals surface area (Å²) in [4.78, 5) is 12.8. The van der Waals surface area contributed by atoms with Crippen LogP contribution in [-0.2, 0) is 0 Å². The lowest BCUT2D eigenvalue weighted by molar-refractivity contribution is 0.102. The van der Waals surface area contributed by atoms with Crippen LogP contribution in [0.25, 0.3) is 11.3 Å². The van der Waals surface area contributed by atoms with E-state index in [1.54, 1.807) is 18.2 Å². The van der Waals surface area contributed by atoms with Gasteiger partial charge < -0.3 is 19.5 Å². The van der Waals surface area contributed by atoms with E-state index in [-0.39, 0.29) is 11.7 Å². The number of benzene rings is 2. The molecule has 8 heteroatoms. The molecule has 3 aromatic rings. The lowest BCUT2D eigenvalue weighted by atomic mass is 10.1. The van der Waals surface area contributed by atoms with Crippen molar-refractivity contribution >= 4 is 11.7 Å². The molecule has 1 aromatic heterocycles. The van der Waals surface area contributed by atoms with E-state index < -0.39 is 0 Å². The number of rotatable bonds is 12. The Hall–Kier alpha value is -3.55. The Morgan fingerprint density at radius 3 is 2.34 bits per heavy atom. The van der Waals surface area contributed by atoms with Gasteiger partial charge in [-0.1, -0.05) is 26.8 Å². The molecule has 0 aliphatic heterocycles. The van der Waals surface area contributed by atoms with Crippen molar-refractivity contribution in [2.24, 2.45) is 0 Å². The Morgan fingerprint density at radius 1 is 0.875 bits per heavy atom. The molecule has 3 rings (SSSR count). The maximum Gasteiger partial charge on any atom is 0.257 e. The first kappa shape index (κ1) is 23.1. The summed E-state index contributed by atoms with van der Waals surface area (Å²) in [6.07, 6.45) is 2.64. The van der Waals surface area contributed by atoms with Crippen LogP contribution in [0.1, 0.15) is 50.4 Å². The number of carbonyl (C=O) groups is 1. The minimum atomic E-state index is -0.339. The summed E-state index contributed by atoms with van der Waals surface area (Å²) in [7, 11) is 0. The van der Waals surface area contributed by atoms with Crippen LogP contribution in [0.4, 0.5) is 5.82 Å². The zero-order chi connectivity index (χ0) is 22.8. The number of nitrogens with one attached hydrogen (secondary N) is 1. The molecule has 1 N–H and O–H groups in total. The molecule has 1 amide bonds. The van der Waals surface area contributed by atoms with Gasteiger partial charge in [0.2, 0.25) is 5.82 Å². The number of amides is 1. The molecule has 1 heterocycles. The highest BCUT2D eigenvalue weighted by molar-refractivity contribution is 6.05. The first-order valence-corrected chi connectivity index (χ1v) is 10.9. The Bertz CT molecular complexity index is 1020. The minimum absolute atomic E-state index is 0.221. The van der Waals surface area contributed by atoms with Crippen LogP contribution in [0.3, 0.4) is 0 Å². The van der Waals surface area contributed by atoms with E-state index in [2.05, 4.69) is 15.6 Å². The molecule has 32 heavy (non-hydrogen) atoms. The molecule has 0 saturated heterocycles. The Labute approximate surface area is 187 Å². The predicted molar refractivity (Wildman–Crippen MR) is 121 cm³/mol. The van der Waals surface area contributed by atoms with E-state index in [1.165, 1.54) is 0 Å². The van der Waals surface area contributed by atoms with Crippen molar-refractivity contribution in [3.63, 3.8) is 0 Å². The van der Waals surface area contributed by atoms with E-state index in [9.17, 15) is 4.79 Å². The van der Waals surface area contributed by atoms with Crippen LogP contribution in [0.5, 0.6) is 17.2 Å². The van der Waals surface area contributed by atoms with Crippen LogP contribution < -0.4 is 19.5 Å². The number of nitrogens with zero attached hydrogens (tertiary/aromatic N) is 2. The fourth-order valence-electron chi connectivity index (χ4n) is 2.90. The predicted octanol–water partition coefficient (Wildman–Crippen LogP) is 5.36. The number of aromatic nitrogens is 2. The average molecular weight is 440 g/mol. The standard InChI is InChI=1S/C24H29N3O5/c1-4-12-29-19-9-7-8-18(15-19)24(28)25-23-22(26-32-27-23)17-10-11-20(30-13-5-2)21(16-17)31-14-6-3/h7-11,15-16H,4-6,12-14H2,1-3H3,(H,25,27,28). The van der Waals surface area contributed by atoms with Gasteiger partial charge in [-0.25, -0.2) is 4.63 Å². The van der Waals surface area contributed by atoms with Gasteiger partial charge in [0.25, 0.3) is 5.91 Å². The van der Waals surface area contributed by atoms with Gasteiger partial charge in [0.15, 0.2) is 17.2 Å². The fourth-order valence-corrected chi connectivity index (χ4v) is 2.90. The summed E-state index contributed by atoms with van der Waals surface area (Å²) < 4.78 is 22.2. The van der Waals surface area contributed by atoms with Gasteiger partial charge in [-0.15, -0.1) is 0 Å². The molecule has 0 aliphatic carbocycles. The van der Waals surface area contributed by atoms with Crippen molar-refractivity contribution in [1.82, 2.24) is 10.3 Å². The second-order valence-electron chi connectivity index (χ2n) is 7.15. The van der Waals surface area contributed by atoms with Gasteiger partial charge in [-0.05, 0) is 66.0 Å². The number of hydrogen-bond donors (Lipinski definition) is 1. The molecule has 0 radical (unpaired) electrons. The SMILES string of the molecule is CCCOc1cccc(C(=O)Nc2nonc2-c2ccc(OCCC)c(OCCC)c2)c1. The van der Waals surface area contributed by atoms with E-state index in [0.29, 0.717) is 53.9 Å². The molecule has 0 fully saturated rings. The van der Waals surface area contributed by atoms with Crippen molar-refractivity contribution in [1.29, 1.82) is 0 Å². The molecule has 2 aromatic carbocycles. The lowest BCUT2D eigenvalue weighted by Crippen LogP contribution is -2.13. The smallest absolute Gasteiger partial charge is 0.257 e. The molecule has 170 valence electrons. The molecule has 0 unspecified atom stereocenters. The van der Waals surface area contributed by atoms with Gasteiger partial charge in [-0.3, -0.25) is 4.79 Å². The quantitative estimate of drug-likeness (QED) is 0.406. The number of anilines is 1. The lowest BCUT2D eigenvalue weighted by Gasteiger charge is -2.13. The third kappa shape index (κ3) is 6.00. The maximum atomic E-state index is 12.8. The summed E-state index contributed by atoms with van der Waals surface area (Å²) in [5.41, 5.74) is 1.54. The van der Waals surface area contributed by atoms with Gasteiger partial charge in [0.05, 0.1) is 19.8 Å². The van der Waals surface area contributed by atoms with Crippen molar-refractivity contribution in [3.05, 3.63) is 48.0 Å². The summed E-state index contributed by atoms with van der Waals surface area (Å²) in [5.74, 6) is 1.79. The third-order valence-electron chi connectivity index (χ3n) is 4.43. The van der Waals surface area contributed by atoms with Gasteiger partial charge in [-0.2, -0.15) is 0 Å². The Balaban J connectivity index is 1.81. The zero-order valence-electron chi connectivity index (χ0n) is 18.7. The first-order valence-electron chi connectivity index (χ1n) is 10.9. The molecule has 8 nitrogen and oxygen atoms in total. The molecular formula is C24H29N3O5. The third-order valence-corrected chi connectivity index (χ3v) is 4.43. The maximum absolute atomic E-state index is 12.8. The molecular weight excluding hydrogens is 410 g/mol. The average Bonchev–Trinajstić information content (AvgIpc) is 3.28. The van der Waals surface area contributed by atoms with Crippen LogP contribution >= 0.6 is 0 Å². The number of ether oxygens (including phenoxy) is 3. The highest BCUT2D eigenvalue weighted by atomic mass is 16.6. The van der Waals surface area contributed by atoms with Gasteiger partial charge in [0, 0.05) is 11.1 Å². The summed E-state index contributed by atoms with van der Waals surface area (Å²) >= 11 is 0. The summed E-state index contributed by atoms with van der Waals surface area (Å²) in [5, 5.41) is 10.6. The fraction of sp³-hybridized carbons (Fsp3) is 0.375. The van der Waals surface area contributed by atoms with Crippen LogP contribution in [-0.4, -0.2) is 36.0 Å². The monoisotopic (exact) mass is 439 g/mol. The second-order valence-corrected chi connectivity index (χ2v) is 7.15.